The zero-order valence-electron chi connectivity index (χ0n) is 13.9. The molecule has 25 heavy (non-hydrogen) atoms. The van der Waals surface area contributed by atoms with Gasteiger partial charge in [-0.25, -0.2) is 0 Å². The molecule has 2 aromatic rings. The summed E-state index contributed by atoms with van der Waals surface area (Å²) in [4.78, 5) is 35.0. The first-order chi connectivity index (χ1) is 11.6. The lowest BCUT2D eigenvalue weighted by Crippen LogP contribution is -2.16. The van der Waals surface area contributed by atoms with E-state index in [-0.39, 0.29) is 16.5 Å². The molecule has 0 unspecified atom stereocenters. The summed E-state index contributed by atoms with van der Waals surface area (Å²) in [6.45, 7) is 0. The summed E-state index contributed by atoms with van der Waals surface area (Å²) in [5.74, 6) is 0. The molecule has 0 fully saturated rings. The molecular weight excluding hydrogens is 334 g/mol. The predicted octanol–water partition coefficient (Wildman–Crippen LogP) is 2.70. The van der Waals surface area contributed by atoms with Crippen LogP contribution >= 0.6 is 0 Å². The summed E-state index contributed by atoms with van der Waals surface area (Å²) in [5.41, 5.74) is -1.19. The fourth-order valence-corrected chi connectivity index (χ4v) is 2.74. The molecule has 0 heterocycles. The molecule has 0 aromatic heterocycles. The molecule has 0 radical (unpaired) electrons. The Morgan fingerprint density at radius 2 is 1.24 bits per heavy atom. The van der Waals surface area contributed by atoms with Crippen LogP contribution in [0.4, 0.5) is 28.4 Å². The number of benzene rings is 2. The Morgan fingerprint density at radius 1 is 0.720 bits per heavy atom. The average Bonchev–Trinajstić information content (AvgIpc) is 2.50. The molecule has 0 amide bonds. The maximum absolute atomic E-state index is 11.5. The second kappa shape index (κ2) is 6.19. The fourth-order valence-electron chi connectivity index (χ4n) is 2.74. The number of rotatable bonds is 5. The van der Waals surface area contributed by atoms with Crippen LogP contribution in [0.3, 0.4) is 0 Å². The third-order valence-corrected chi connectivity index (χ3v) is 3.69. The highest BCUT2D eigenvalue weighted by Gasteiger charge is 2.33. The quantitative estimate of drug-likeness (QED) is 0.593. The molecule has 132 valence electrons. The van der Waals surface area contributed by atoms with Crippen molar-refractivity contribution in [3.63, 3.8) is 0 Å². The first kappa shape index (κ1) is 17.8. The van der Waals surface area contributed by atoms with E-state index in [0.29, 0.717) is 5.69 Å². The number of hydrogen-bond acceptors (Lipinski definition) is 8. The SMILES string of the molecule is CN(C)c1ccc([N+](=O)[O-])c2c([N+](=O)[O-])cc([N+](=O)[O-])c(N(C)C)c12. The summed E-state index contributed by atoms with van der Waals surface area (Å²) in [6, 6.07) is 3.35. The number of hydrogen-bond donors (Lipinski definition) is 0. The van der Waals surface area contributed by atoms with E-state index in [4.69, 9.17) is 0 Å². The molecule has 0 aliphatic carbocycles. The summed E-state index contributed by atoms with van der Waals surface area (Å²) < 4.78 is 0. The molecule has 0 aliphatic rings. The molecule has 11 heteroatoms. The zero-order chi connectivity index (χ0) is 19.0. The van der Waals surface area contributed by atoms with Crippen molar-refractivity contribution >= 4 is 39.2 Å². The highest BCUT2D eigenvalue weighted by atomic mass is 16.6. The Hall–Kier alpha value is -3.50. The first-order valence-corrected chi connectivity index (χ1v) is 6.99. The van der Waals surface area contributed by atoms with Gasteiger partial charge in [-0.3, -0.25) is 30.3 Å². The van der Waals surface area contributed by atoms with Crippen molar-refractivity contribution in [2.45, 2.75) is 0 Å². The van der Waals surface area contributed by atoms with Gasteiger partial charge >= 0.3 is 0 Å². The molecule has 0 atom stereocenters. The van der Waals surface area contributed by atoms with Crippen molar-refractivity contribution < 1.29 is 14.8 Å². The normalized spacial score (nSPS) is 10.6. The summed E-state index contributed by atoms with van der Waals surface area (Å²) in [7, 11) is 6.35. The minimum absolute atomic E-state index is 0.0676. The fraction of sp³-hybridized carbons (Fsp3) is 0.286. The largest absolute Gasteiger partial charge is 0.377 e. The standard InChI is InChI=1S/C14H15N5O6/c1-15(2)8-5-6-9(17(20)21)12-10(18(22)23)7-11(19(24)25)14(13(8)12)16(3)4/h5-7H,1-4H3. The second-order valence-corrected chi connectivity index (χ2v) is 5.68. The molecule has 0 N–H and O–H groups in total. The van der Waals surface area contributed by atoms with Crippen molar-refractivity contribution in [3.8, 4) is 0 Å². The smallest absolute Gasteiger partial charge is 0.300 e. The summed E-state index contributed by atoms with van der Waals surface area (Å²) >= 11 is 0. The number of nitrogens with zero attached hydrogens (tertiary/aromatic N) is 5. The number of nitro benzene ring substituents is 3. The van der Waals surface area contributed by atoms with Crippen molar-refractivity contribution in [2.24, 2.45) is 0 Å². The van der Waals surface area contributed by atoms with Crippen LogP contribution in [0.15, 0.2) is 18.2 Å². The minimum atomic E-state index is -0.846. The Bertz CT molecular complexity index is 908. The third kappa shape index (κ3) is 2.86. The van der Waals surface area contributed by atoms with Gasteiger partial charge in [0.15, 0.2) is 0 Å². The maximum Gasteiger partial charge on any atom is 0.300 e. The molecule has 0 saturated heterocycles. The lowest BCUT2D eigenvalue weighted by molar-refractivity contribution is -0.395. The van der Waals surface area contributed by atoms with Gasteiger partial charge in [0.05, 0.1) is 20.8 Å². The van der Waals surface area contributed by atoms with Crippen LogP contribution in [0.25, 0.3) is 10.8 Å². The van der Waals surface area contributed by atoms with Gasteiger partial charge in [-0.05, 0) is 6.07 Å². The number of anilines is 2. The van der Waals surface area contributed by atoms with E-state index in [2.05, 4.69) is 0 Å². The van der Waals surface area contributed by atoms with E-state index >= 15 is 0 Å². The van der Waals surface area contributed by atoms with Gasteiger partial charge in [-0.1, -0.05) is 0 Å². The minimum Gasteiger partial charge on any atom is -0.377 e. The summed E-state index contributed by atoms with van der Waals surface area (Å²) in [5, 5.41) is 34.2. The van der Waals surface area contributed by atoms with E-state index in [9.17, 15) is 30.3 Å². The van der Waals surface area contributed by atoms with Crippen LogP contribution in [-0.2, 0) is 0 Å². The summed E-state index contributed by atoms with van der Waals surface area (Å²) in [6.07, 6.45) is 0. The first-order valence-electron chi connectivity index (χ1n) is 6.99. The molecule has 2 rings (SSSR count). The van der Waals surface area contributed by atoms with Crippen LogP contribution in [0.2, 0.25) is 0 Å². The Labute approximate surface area is 141 Å². The van der Waals surface area contributed by atoms with Gasteiger partial charge in [0, 0.05) is 45.3 Å². The van der Waals surface area contributed by atoms with E-state index in [1.165, 1.54) is 25.1 Å². The third-order valence-electron chi connectivity index (χ3n) is 3.69. The zero-order valence-corrected chi connectivity index (χ0v) is 13.9. The molecule has 2 aromatic carbocycles. The number of fused-ring (bicyclic) bond motifs is 1. The van der Waals surface area contributed by atoms with E-state index in [1.807, 2.05) is 0 Å². The van der Waals surface area contributed by atoms with Crippen LogP contribution in [0.1, 0.15) is 0 Å². The number of non-ortho nitro benzene ring substituents is 2. The lowest BCUT2D eigenvalue weighted by atomic mass is 10.0. The molecule has 11 nitrogen and oxygen atoms in total. The van der Waals surface area contributed by atoms with Gasteiger partial charge in [-0.15, -0.1) is 0 Å². The maximum atomic E-state index is 11.5. The molecular formula is C14H15N5O6. The Kier molecular flexibility index (Phi) is 4.42. The van der Waals surface area contributed by atoms with Gasteiger partial charge in [0.1, 0.15) is 11.1 Å². The second-order valence-electron chi connectivity index (χ2n) is 5.68. The van der Waals surface area contributed by atoms with E-state index < -0.39 is 31.8 Å². The van der Waals surface area contributed by atoms with Gasteiger partial charge in [0.25, 0.3) is 17.1 Å². The highest BCUT2D eigenvalue weighted by Crippen LogP contribution is 2.48. The van der Waals surface area contributed by atoms with Crippen molar-refractivity contribution in [1.82, 2.24) is 0 Å². The van der Waals surface area contributed by atoms with Crippen molar-refractivity contribution in [1.29, 1.82) is 0 Å². The molecule has 0 bridgehead atoms. The van der Waals surface area contributed by atoms with Crippen LogP contribution in [0.5, 0.6) is 0 Å². The Morgan fingerprint density at radius 3 is 1.64 bits per heavy atom. The van der Waals surface area contributed by atoms with Crippen LogP contribution < -0.4 is 9.80 Å². The lowest BCUT2D eigenvalue weighted by Gasteiger charge is -2.21. The van der Waals surface area contributed by atoms with Crippen LogP contribution in [-0.4, -0.2) is 43.0 Å². The monoisotopic (exact) mass is 349 g/mol. The van der Waals surface area contributed by atoms with Crippen molar-refractivity contribution in [3.05, 3.63) is 48.5 Å². The Balaban J connectivity index is 3.27. The highest BCUT2D eigenvalue weighted by molar-refractivity contribution is 6.14. The molecule has 0 spiro atoms. The topological polar surface area (TPSA) is 136 Å². The van der Waals surface area contributed by atoms with E-state index in [0.717, 1.165) is 12.1 Å². The average molecular weight is 349 g/mol. The van der Waals surface area contributed by atoms with Crippen LogP contribution in [0, 0.1) is 30.3 Å². The van der Waals surface area contributed by atoms with Gasteiger partial charge < -0.3 is 9.80 Å². The van der Waals surface area contributed by atoms with Gasteiger partial charge in [-0.2, -0.15) is 0 Å². The van der Waals surface area contributed by atoms with E-state index in [1.54, 1.807) is 19.0 Å². The molecule has 0 aliphatic heterocycles. The number of nitro groups is 3. The van der Waals surface area contributed by atoms with Gasteiger partial charge in [0.2, 0.25) is 0 Å². The predicted molar refractivity (Wildman–Crippen MR) is 92.6 cm³/mol. The van der Waals surface area contributed by atoms with Crippen molar-refractivity contribution in [2.75, 3.05) is 38.0 Å². The molecule has 0 saturated carbocycles.